The molecule has 1 aromatic carbocycles. The molecule has 228 valence electrons. The third-order valence-corrected chi connectivity index (χ3v) is 8.36. The molecule has 2 rings (SSSR count). The van der Waals surface area contributed by atoms with E-state index in [1.165, 1.54) is 77.0 Å². The second-order valence-electron chi connectivity index (χ2n) is 11.8. The number of rotatable bonds is 23. The Morgan fingerprint density at radius 3 is 1.68 bits per heavy atom. The molecule has 0 saturated carbocycles. The minimum atomic E-state index is -0.905. The zero-order chi connectivity index (χ0) is 29.9. The summed E-state index contributed by atoms with van der Waals surface area (Å²) in [6, 6.07) is 9.86. The summed E-state index contributed by atoms with van der Waals surface area (Å²) in [7, 11) is 0. The van der Waals surface area contributed by atoms with Gasteiger partial charge in [0.2, 0.25) is 5.91 Å². The molecule has 0 amide bonds. The Balaban J connectivity index is 1.78. The predicted octanol–water partition coefficient (Wildman–Crippen LogP) is 9.84. The monoisotopic (exact) mass is 565 g/mol. The number of carboxylic acids is 1. The van der Waals surface area contributed by atoms with Gasteiger partial charge in [-0.05, 0) is 44.2 Å². The molecule has 5 heteroatoms. The fourth-order valence-electron chi connectivity index (χ4n) is 5.96. The number of hydrogen-bond acceptors (Lipinski definition) is 3. The number of benzene rings is 1. The average molecular weight is 566 g/mol. The second-order valence-corrected chi connectivity index (χ2v) is 11.8. The number of Topliss-reactive ketones (excluding diaryl/α,β-unsaturated/α-hetero) is 1. The Labute approximate surface area is 249 Å². The van der Waals surface area contributed by atoms with Crippen molar-refractivity contribution < 1.29 is 19.5 Å². The van der Waals surface area contributed by atoms with Crippen LogP contribution in [0.15, 0.2) is 30.3 Å². The highest BCUT2D eigenvalue weighted by molar-refractivity contribution is 6.00. The van der Waals surface area contributed by atoms with Crippen LogP contribution in [0.2, 0.25) is 0 Å². The highest BCUT2D eigenvalue weighted by Crippen LogP contribution is 2.27. The molecule has 0 aliphatic carbocycles. The van der Waals surface area contributed by atoms with Crippen molar-refractivity contribution in [2.24, 2.45) is 0 Å². The van der Waals surface area contributed by atoms with Gasteiger partial charge in [0.1, 0.15) is 0 Å². The molecule has 0 aliphatic rings. The first kappa shape index (κ1) is 34.5. The number of carbonyl (C=O) groups excluding carboxylic acids is 2. The summed E-state index contributed by atoms with van der Waals surface area (Å²) in [6.07, 6.45) is 20.8. The molecular weight excluding hydrogens is 510 g/mol. The number of aryl methyl sites for hydroxylation is 1. The number of ketones is 1. The van der Waals surface area contributed by atoms with E-state index < -0.39 is 5.97 Å². The topological polar surface area (TPSA) is 76.4 Å². The highest BCUT2D eigenvalue weighted by Gasteiger charge is 2.25. The van der Waals surface area contributed by atoms with Crippen LogP contribution in [-0.2, 0) is 17.6 Å². The second kappa shape index (κ2) is 20.2. The molecule has 5 nitrogen and oxygen atoms in total. The van der Waals surface area contributed by atoms with Crippen molar-refractivity contribution in [3.63, 3.8) is 0 Å². The first-order chi connectivity index (χ1) is 19.9. The lowest BCUT2D eigenvalue weighted by molar-refractivity contribution is -0.137. The number of aromatic nitrogens is 1. The lowest BCUT2D eigenvalue weighted by Crippen LogP contribution is -2.17. The van der Waals surface area contributed by atoms with E-state index in [0.29, 0.717) is 36.2 Å². The highest BCUT2D eigenvalue weighted by atomic mass is 16.4. The van der Waals surface area contributed by atoms with Gasteiger partial charge in [-0.2, -0.15) is 0 Å². The molecular formula is C36H55NO4. The van der Waals surface area contributed by atoms with Crippen LogP contribution in [0.5, 0.6) is 0 Å². The van der Waals surface area contributed by atoms with Gasteiger partial charge >= 0.3 is 5.97 Å². The van der Waals surface area contributed by atoms with Crippen LogP contribution >= 0.6 is 0 Å². The molecule has 0 atom stereocenters. The van der Waals surface area contributed by atoms with E-state index in [1.807, 2.05) is 44.2 Å². The minimum absolute atomic E-state index is 0.0665. The van der Waals surface area contributed by atoms with Crippen LogP contribution in [-0.4, -0.2) is 27.3 Å². The van der Waals surface area contributed by atoms with Crippen LogP contribution in [0, 0.1) is 13.8 Å². The summed E-state index contributed by atoms with van der Waals surface area (Å²) in [5, 5.41) is 9.27. The minimum Gasteiger partial charge on any atom is -0.481 e. The SMILES string of the molecule is CCCCCCCCCCCCCCCCCC(=O)c1c(C)c(CCC(=O)O)n(C(=O)CCc2ccccc2)c1C. The summed E-state index contributed by atoms with van der Waals surface area (Å²) >= 11 is 0. The molecule has 0 radical (unpaired) electrons. The third kappa shape index (κ3) is 12.8. The molecule has 1 N–H and O–H groups in total. The maximum absolute atomic E-state index is 13.3. The molecule has 1 aromatic heterocycles. The molecule has 1 heterocycles. The van der Waals surface area contributed by atoms with Crippen LogP contribution in [0.4, 0.5) is 0 Å². The first-order valence-electron chi connectivity index (χ1n) is 16.4. The van der Waals surface area contributed by atoms with Crippen LogP contribution in [0.25, 0.3) is 0 Å². The number of nitrogens with zero attached hydrogens (tertiary/aromatic N) is 1. The number of hydrogen-bond donors (Lipinski definition) is 1. The zero-order valence-corrected chi connectivity index (χ0v) is 26.1. The van der Waals surface area contributed by atoms with Gasteiger partial charge in [0.05, 0.1) is 6.42 Å². The number of unbranched alkanes of at least 4 members (excludes halogenated alkanes) is 14. The maximum Gasteiger partial charge on any atom is 0.303 e. The van der Waals surface area contributed by atoms with Crippen LogP contribution < -0.4 is 0 Å². The standard InChI is InChI=1S/C36H55NO4/c1-4-5-6-7-8-9-10-11-12-13-14-15-16-17-21-24-33(38)36-29(2)32(26-28-35(40)41)37(30(36)3)34(39)27-25-31-22-19-18-20-23-31/h18-20,22-23H,4-17,21,24-28H2,1-3H3,(H,40,41). The van der Waals surface area contributed by atoms with Gasteiger partial charge in [0, 0.05) is 29.8 Å². The fraction of sp³-hybridized carbons (Fsp3) is 0.639. The normalized spacial score (nSPS) is 11.2. The van der Waals surface area contributed by atoms with Crippen LogP contribution in [0.3, 0.4) is 0 Å². The van der Waals surface area contributed by atoms with Crippen molar-refractivity contribution in [2.75, 3.05) is 0 Å². The predicted molar refractivity (Wildman–Crippen MR) is 169 cm³/mol. The van der Waals surface area contributed by atoms with Crippen molar-refractivity contribution in [2.45, 2.75) is 149 Å². The maximum atomic E-state index is 13.3. The molecule has 0 aliphatic heterocycles. The lowest BCUT2D eigenvalue weighted by Gasteiger charge is -2.11. The number of carbonyl (C=O) groups is 3. The zero-order valence-electron chi connectivity index (χ0n) is 26.1. The van der Waals surface area contributed by atoms with E-state index in [0.717, 1.165) is 30.4 Å². The van der Waals surface area contributed by atoms with Gasteiger partial charge < -0.3 is 5.11 Å². The summed E-state index contributed by atoms with van der Waals surface area (Å²) in [4.78, 5) is 37.9. The van der Waals surface area contributed by atoms with Crippen molar-refractivity contribution in [1.29, 1.82) is 0 Å². The molecule has 0 spiro atoms. The van der Waals surface area contributed by atoms with Crippen molar-refractivity contribution in [3.05, 3.63) is 58.4 Å². The van der Waals surface area contributed by atoms with E-state index in [1.54, 1.807) is 4.57 Å². The number of aliphatic carboxylic acids is 1. The van der Waals surface area contributed by atoms with Crippen molar-refractivity contribution >= 4 is 17.7 Å². The molecule has 0 saturated heterocycles. The summed E-state index contributed by atoms with van der Waals surface area (Å²) in [5.41, 5.74) is 3.79. The van der Waals surface area contributed by atoms with Gasteiger partial charge in [0.15, 0.2) is 5.78 Å². The lowest BCUT2D eigenvalue weighted by atomic mass is 9.99. The summed E-state index contributed by atoms with van der Waals surface area (Å²) in [6.45, 7) is 5.96. The molecule has 2 aromatic rings. The van der Waals surface area contributed by atoms with Gasteiger partial charge in [-0.1, -0.05) is 127 Å². The van der Waals surface area contributed by atoms with Gasteiger partial charge in [-0.3, -0.25) is 19.0 Å². The summed E-state index contributed by atoms with van der Waals surface area (Å²) < 4.78 is 1.63. The fourth-order valence-corrected chi connectivity index (χ4v) is 5.96. The Hall–Kier alpha value is -2.69. The molecule has 41 heavy (non-hydrogen) atoms. The largest absolute Gasteiger partial charge is 0.481 e. The molecule has 0 bridgehead atoms. The number of carboxylic acid groups (broad SMARTS) is 1. The molecule has 0 unspecified atom stereocenters. The third-order valence-electron chi connectivity index (χ3n) is 8.36. The van der Waals surface area contributed by atoms with Gasteiger partial charge in [-0.25, -0.2) is 0 Å². The smallest absolute Gasteiger partial charge is 0.303 e. The summed E-state index contributed by atoms with van der Waals surface area (Å²) in [5.74, 6) is -0.918. The van der Waals surface area contributed by atoms with E-state index in [-0.39, 0.29) is 24.5 Å². The van der Waals surface area contributed by atoms with E-state index in [4.69, 9.17) is 0 Å². The Morgan fingerprint density at radius 1 is 0.659 bits per heavy atom. The van der Waals surface area contributed by atoms with Crippen molar-refractivity contribution in [3.8, 4) is 0 Å². The van der Waals surface area contributed by atoms with Gasteiger partial charge in [-0.15, -0.1) is 0 Å². The van der Waals surface area contributed by atoms with Crippen molar-refractivity contribution in [1.82, 2.24) is 4.57 Å². The van der Waals surface area contributed by atoms with Gasteiger partial charge in [0.25, 0.3) is 0 Å². The van der Waals surface area contributed by atoms with E-state index >= 15 is 0 Å². The Kier molecular flexibility index (Phi) is 17.0. The quantitative estimate of drug-likeness (QED) is 0.107. The first-order valence-corrected chi connectivity index (χ1v) is 16.4. The molecule has 0 fully saturated rings. The van der Waals surface area contributed by atoms with E-state index in [9.17, 15) is 19.5 Å². The Bertz CT molecular complexity index is 1050. The average Bonchev–Trinajstić information content (AvgIpc) is 3.21. The van der Waals surface area contributed by atoms with E-state index in [2.05, 4.69) is 6.92 Å². The van der Waals surface area contributed by atoms with Crippen LogP contribution in [0.1, 0.15) is 160 Å². The Morgan fingerprint density at radius 2 is 1.17 bits per heavy atom.